The van der Waals surface area contributed by atoms with E-state index >= 15 is 0 Å². The van der Waals surface area contributed by atoms with Crippen LogP contribution in [0, 0.1) is 7.14 Å². The largest absolute Gasteiger partial charge is 0.490 e. The van der Waals surface area contributed by atoms with Gasteiger partial charge in [-0.2, -0.15) is 0 Å². The second kappa shape index (κ2) is 10.9. The van der Waals surface area contributed by atoms with E-state index in [1.807, 2.05) is 36.4 Å². The molecule has 0 fully saturated rings. The number of ether oxygens (including phenoxy) is 1. The molecule has 0 saturated heterocycles. The van der Waals surface area contributed by atoms with Gasteiger partial charge in [0.05, 0.1) is 12.7 Å². The number of carbonyl (C=O) groups excluding carboxylic acids is 1. The Labute approximate surface area is 205 Å². The molecule has 0 unspecified atom stereocenters. The number of halogens is 2. The van der Waals surface area contributed by atoms with E-state index in [4.69, 9.17) is 9.15 Å². The van der Waals surface area contributed by atoms with E-state index in [-0.39, 0.29) is 5.78 Å². The molecule has 0 aliphatic heterocycles. The SMILES string of the molecule is CCCc1oc2ccccc2c1C(=O)c1ccc(I)c(OCCN(CC)CC)c1I. The van der Waals surface area contributed by atoms with Crippen molar-refractivity contribution in [3.63, 3.8) is 0 Å². The molecule has 0 aliphatic carbocycles. The van der Waals surface area contributed by atoms with Crippen LogP contribution in [0.1, 0.15) is 48.9 Å². The van der Waals surface area contributed by atoms with Crippen LogP contribution in [0.25, 0.3) is 11.0 Å². The summed E-state index contributed by atoms with van der Waals surface area (Å²) in [5, 5.41) is 0.879. The van der Waals surface area contributed by atoms with Gasteiger partial charge in [0.25, 0.3) is 0 Å². The number of nitrogens with zero attached hydrogens (tertiary/aromatic N) is 1. The molecule has 1 heterocycles. The molecule has 0 aliphatic rings. The molecule has 2 aromatic carbocycles. The van der Waals surface area contributed by atoms with E-state index in [2.05, 4.69) is 70.9 Å². The van der Waals surface area contributed by atoms with Crippen molar-refractivity contribution in [1.29, 1.82) is 0 Å². The van der Waals surface area contributed by atoms with Gasteiger partial charge in [-0.25, -0.2) is 0 Å². The van der Waals surface area contributed by atoms with E-state index in [1.165, 1.54) is 0 Å². The van der Waals surface area contributed by atoms with Crippen LogP contribution in [0.15, 0.2) is 40.8 Å². The Morgan fingerprint density at radius 3 is 2.50 bits per heavy atom. The van der Waals surface area contributed by atoms with Crippen LogP contribution in [-0.4, -0.2) is 36.9 Å². The Morgan fingerprint density at radius 2 is 1.80 bits per heavy atom. The number of benzene rings is 2. The monoisotopic (exact) mass is 631 g/mol. The number of ketones is 1. The predicted molar refractivity (Wildman–Crippen MR) is 139 cm³/mol. The topological polar surface area (TPSA) is 42.7 Å². The van der Waals surface area contributed by atoms with Crippen LogP contribution >= 0.6 is 45.2 Å². The Bertz CT molecular complexity index is 1020. The summed E-state index contributed by atoms with van der Waals surface area (Å²) >= 11 is 4.52. The quantitative estimate of drug-likeness (QED) is 0.188. The third-order valence-corrected chi connectivity index (χ3v) is 7.14. The molecule has 6 heteroatoms. The molecular weight excluding hydrogens is 604 g/mol. The number of carbonyl (C=O) groups is 1. The molecular formula is C24H27I2NO3. The van der Waals surface area contributed by atoms with Crippen molar-refractivity contribution in [1.82, 2.24) is 4.90 Å². The van der Waals surface area contributed by atoms with Crippen molar-refractivity contribution in [2.45, 2.75) is 33.6 Å². The normalized spacial score (nSPS) is 11.4. The number of furan rings is 1. The predicted octanol–water partition coefficient (Wildman–Crippen LogP) is 6.55. The maximum Gasteiger partial charge on any atom is 0.198 e. The van der Waals surface area contributed by atoms with E-state index in [9.17, 15) is 4.79 Å². The average Bonchev–Trinajstić information content (AvgIpc) is 3.11. The fraction of sp³-hybridized carbons (Fsp3) is 0.375. The fourth-order valence-corrected chi connectivity index (χ4v) is 5.53. The molecule has 0 saturated carbocycles. The van der Waals surface area contributed by atoms with E-state index in [0.717, 1.165) is 62.1 Å². The zero-order chi connectivity index (χ0) is 21.7. The van der Waals surface area contributed by atoms with Gasteiger partial charge in [0, 0.05) is 23.9 Å². The minimum Gasteiger partial charge on any atom is -0.490 e. The van der Waals surface area contributed by atoms with Crippen molar-refractivity contribution >= 4 is 61.9 Å². The summed E-state index contributed by atoms with van der Waals surface area (Å²) < 4.78 is 14.0. The molecule has 160 valence electrons. The second-order valence-electron chi connectivity index (χ2n) is 7.09. The summed E-state index contributed by atoms with van der Waals surface area (Å²) in [6.45, 7) is 9.86. The number of aryl methyl sites for hydroxylation is 1. The first-order valence-corrected chi connectivity index (χ1v) is 12.6. The van der Waals surface area contributed by atoms with Gasteiger partial charge in [-0.1, -0.05) is 39.0 Å². The fourth-order valence-electron chi connectivity index (χ4n) is 3.54. The van der Waals surface area contributed by atoms with Gasteiger partial charge in [-0.15, -0.1) is 0 Å². The molecule has 0 amide bonds. The zero-order valence-corrected chi connectivity index (χ0v) is 21.9. The standard InChI is InChI=1S/C24H27I2NO3/c1-4-9-20-21(16-10-7-8-11-19(16)30-20)23(28)17-12-13-18(25)24(22(17)26)29-15-14-27(5-2)6-3/h7-8,10-13H,4-6,9,14-15H2,1-3H3. The van der Waals surface area contributed by atoms with Crippen molar-refractivity contribution in [2.75, 3.05) is 26.2 Å². The van der Waals surface area contributed by atoms with E-state index in [1.54, 1.807) is 0 Å². The minimum atomic E-state index is -0.00204. The van der Waals surface area contributed by atoms with Crippen LogP contribution in [0.4, 0.5) is 0 Å². The number of likely N-dealkylation sites (N-methyl/N-ethyl adjacent to an activating group) is 1. The van der Waals surface area contributed by atoms with Gasteiger partial charge in [-0.3, -0.25) is 4.79 Å². The molecule has 0 atom stereocenters. The Balaban J connectivity index is 1.96. The summed E-state index contributed by atoms with van der Waals surface area (Å²) in [7, 11) is 0. The van der Waals surface area contributed by atoms with Gasteiger partial charge in [0.15, 0.2) is 5.78 Å². The number of hydrogen-bond donors (Lipinski definition) is 0. The molecule has 0 N–H and O–H groups in total. The molecule has 0 bridgehead atoms. The highest BCUT2D eigenvalue weighted by molar-refractivity contribution is 14.1. The van der Waals surface area contributed by atoms with Gasteiger partial charge >= 0.3 is 0 Å². The Morgan fingerprint density at radius 1 is 1.07 bits per heavy atom. The van der Waals surface area contributed by atoms with Gasteiger partial charge in [0.2, 0.25) is 0 Å². The molecule has 4 nitrogen and oxygen atoms in total. The highest BCUT2D eigenvalue weighted by Gasteiger charge is 2.25. The highest BCUT2D eigenvalue weighted by atomic mass is 127. The van der Waals surface area contributed by atoms with Crippen LogP contribution in [0.2, 0.25) is 0 Å². The van der Waals surface area contributed by atoms with Crippen LogP contribution in [0.3, 0.4) is 0 Å². The molecule has 0 radical (unpaired) electrons. The number of para-hydroxylation sites is 1. The lowest BCUT2D eigenvalue weighted by atomic mass is 9.98. The van der Waals surface area contributed by atoms with E-state index < -0.39 is 0 Å². The molecule has 1 aromatic heterocycles. The lowest BCUT2D eigenvalue weighted by Gasteiger charge is -2.19. The molecule has 30 heavy (non-hydrogen) atoms. The van der Waals surface area contributed by atoms with Crippen molar-refractivity contribution in [2.24, 2.45) is 0 Å². The third kappa shape index (κ3) is 5.02. The summed E-state index contributed by atoms with van der Waals surface area (Å²) in [6.07, 6.45) is 1.66. The number of rotatable bonds is 10. The highest BCUT2D eigenvalue weighted by Crippen LogP contribution is 2.34. The molecule has 3 rings (SSSR count). The smallest absolute Gasteiger partial charge is 0.198 e. The van der Waals surface area contributed by atoms with Crippen molar-refractivity contribution < 1.29 is 13.9 Å². The third-order valence-electron chi connectivity index (χ3n) is 5.21. The first-order valence-electron chi connectivity index (χ1n) is 10.4. The lowest BCUT2D eigenvalue weighted by Crippen LogP contribution is -2.28. The van der Waals surface area contributed by atoms with Crippen LogP contribution < -0.4 is 4.74 Å². The maximum atomic E-state index is 13.6. The summed E-state index contributed by atoms with van der Waals surface area (Å²) in [6, 6.07) is 11.6. The number of fused-ring (bicyclic) bond motifs is 1. The van der Waals surface area contributed by atoms with Crippen molar-refractivity contribution in [3.8, 4) is 5.75 Å². The Hall–Kier alpha value is -1.13. The van der Waals surface area contributed by atoms with Gasteiger partial charge in [0.1, 0.15) is 23.7 Å². The first-order chi connectivity index (χ1) is 14.5. The first kappa shape index (κ1) is 23.5. The lowest BCUT2D eigenvalue weighted by molar-refractivity contribution is 0.103. The zero-order valence-electron chi connectivity index (χ0n) is 17.6. The van der Waals surface area contributed by atoms with Crippen LogP contribution in [0.5, 0.6) is 5.75 Å². The second-order valence-corrected chi connectivity index (χ2v) is 9.33. The molecule has 3 aromatic rings. The molecule has 0 spiro atoms. The van der Waals surface area contributed by atoms with Crippen LogP contribution in [-0.2, 0) is 6.42 Å². The summed E-state index contributed by atoms with van der Waals surface area (Å²) in [5.74, 6) is 1.55. The average molecular weight is 631 g/mol. The summed E-state index contributed by atoms with van der Waals surface area (Å²) in [4.78, 5) is 16.0. The number of hydrogen-bond acceptors (Lipinski definition) is 4. The Kier molecular flexibility index (Phi) is 8.59. The maximum absolute atomic E-state index is 13.6. The van der Waals surface area contributed by atoms with Gasteiger partial charge in [-0.05, 0) is 82.9 Å². The van der Waals surface area contributed by atoms with Crippen molar-refractivity contribution in [3.05, 3.63) is 60.4 Å². The van der Waals surface area contributed by atoms with E-state index in [0.29, 0.717) is 17.7 Å². The minimum absolute atomic E-state index is 0.00204. The summed E-state index contributed by atoms with van der Waals surface area (Å²) in [5.41, 5.74) is 2.11. The van der Waals surface area contributed by atoms with Gasteiger partial charge < -0.3 is 14.1 Å².